The molecule has 0 aliphatic carbocycles. The molecule has 3 N–H and O–H groups in total. The molecule has 0 rings (SSSR count). The maximum Gasteiger partial charge on any atom is 0.221 e. The zero-order valence-corrected chi connectivity index (χ0v) is 29.5. The van der Waals surface area contributed by atoms with Crippen LogP contribution in [0.15, 0.2) is 0 Å². The van der Waals surface area contributed by atoms with E-state index in [0.717, 1.165) is 32.1 Å². The van der Waals surface area contributed by atoms with Crippen molar-refractivity contribution in [3.05, 3.63) is 0 Å². The third-order valence-electron chi connectivity index (χ3n) is 9.32. The highest BCUT2D eigenvalue weighted by Gasteiger charge is 2.25. The summed E-state index contributed by atoms with van der Waals surface area (Å²) < 4.78 is 0. The van der Waals surface area contributed by atoms with E-state index < -0.39 is 5.66 Å². The molecule has 3 nitrogen and oxygen atoms in total. The minimum absolute atomic E-state index is 0.168. The van der Waals surface area contributed by atoms with E-state index in [0.29, 0.717) is 6.42 Å². The first-order valence-electron chi connectivity index (χ1n) is 19.7. The molecule has 0 aliphatic heterocycles. The molecule has 0 bridgehead atoms. The number of hydrogen-bond donors (Lipinski definition) is 2. The van der Waals surface area contributed by atoms with Crippen molar-refractivity contribution in [1.82, 2.24) is 5.32 Å². The van der Waals surface area contributed by atoms with Gasteiger partial charge in [0.2, 0.25) is 5.91 Å². The SMILES string of the molecule is CCCCCCCCCCCCCCCCCC(=O)NC(N)(CCC)CCCCCCCCCCCCCCCCC. The Morgan fingerprint density at radius 1 is 0.405 bits per heavy atom. The van der Waals surface area contributed by atoms with Crippen molar-refractivity contribution < 1.29 is 4.79 Å². The minimum Gasteiger partial charge on any atom is -0.338 e. The first-order valence-corrected chi connectivity index (χ1v) is 19.7. The summed E-state index contributed by atoms with van der Waals surface area (Å²) >= 11 is 0. The lowest BCUT2D eigenvalue weighted by molar-refractivity contribution is -0.123. The van der Waals surface area contributed by atoms with E-state index in [4.69, 9.17) is 5.73 Å². The summed E-state index contributed by atoms with van der Waals surface area (Å²) in [6, 6.07) is 0. The van der Waals surface area contributed by atoms with Gasteiger partial charge in [0.05, 0.1) is 5.66 Å². The van der Waals surface area contributed by atoms with Gasteiger partial charge in [0.15, 0.2) is 0 Å². The third kappa shape index (κ3) is 30.9. The van der Waals surface area contributed by atoms with Crippen LogP contribution < -0.4 is 11.1 Å². The average Bonchev–Trinajstić information content (AvgIpc) is 2.97. The summed E-state index contributed by atoms with van der Waals surface area (Å²) in [7, 11) is 0. The van der Waals surface area contributed by atoms with Crippen LogP contribution in [-0.2, 0) is 4.79 Å². The van der Waals surface area contributed by atoms with Gasteiger partial charge in [-0.25, -0.2) is 0 Å². The lowest BCUT2D eigenvalue weighted by Gasteiger charge is -2.30. The van der Waals surface area contributed by atoms with E-state index in [2.05, 4.69) is 26.1 Å². The van der Waals surface area contributed by atoms with Crippen molar-refractivity contribution in [1.29, 1.82) is 0 Å². The minimum atomic E-state index is -0.502. The summed E-state index contributed by atoms with van der Waals surface area (Å²) in [5.41, 5.74) is 6.19. The molecule has 0 fully saturated rings. The van der Waals surface area contributed by atoms with Gasteiger partial charge in [-0.1, -0.05) is 207 Å². The van der Waals surface area contributed by atoms with E-state index in [1.165, 1.54) is 180 Å². The van der Waals surface area contributed by atoms with E-state index in [1.807, 2.05) is 0 Å². The maximum atomic E-state index is 12.6. The molecule has 0 saturated carbocycles. The highest BCUT2D eigenvalue weighted by molar-refractivity contribution is 5.76. The van der Waals surface area contributed by atoms with Crippen molar-refractivity contribution >= 4 is 5.91 Å². The lowest BCUT2D eigenvalue weighted by atomic mass is 9.96. The Balaban J connectivity index is 3.63. The predicted molar refractivity (Wildman–Crippen MR) is 189 cm³/mol. The number of nitrogens with one attached hydrogen (secondary N) is 1. The molecular weight excluding hydrogens is 512 g/mol. The van der Waals surface area contributed by atoms with Crippen molar-refractivity contribution in [2.75, 3.05) is 0 Å². The van der Waals surface area contributed by atoms with Gasteiger partial charge in [-0.05, 0) is 25.7 Å². The number of nitrogens with two attached hydrogens (primary N) is 1. The van der Waals surface area contributed by atoms with Crippen LogP contribution in [0.1, 0.15) is 239 Å². The molecule has 0 heterocycles. The molecule has 3 heteroatoms. The fraction of sp³-hybridized carbons (Fsp3) is 0.974. The van der Waals surface area contributed by atoms with Gasteiger partial charge in [0.1, 0.15) is 0 Å². The monoisotopic (exact) mass is 593 g/mol. The van der Waals surface area contributed by atoms with Crippen molar-refractivity contribution in [3.8, 4) is 0 Å². The van der Waals surface area contributed by atoms with Crippen LogP contribution in [0.2, 0.25) is 0 Å². The van der Waals surface area contributed by atoms with Crippen LogP contribution >= 0.6 is 0 Å². The Bertz CT molecular complexity index is 536. The van der Waals surface area contributed by atoms with Gasteiger partial charge in [-0.3, -0.25) is 4.79 Å². The number of hydrogen-bond acceptors (Lipinski definition) is 2. The average molecular weight is 593 g/mol. The van der Waals surface area contributed by atoms with Crippen molar-refractivity contribution in [3.63, 3.8) is 0 Å². The number of amides is 1. The van der Waals surface area contributed by atoms with Gasteiger partial charge in [0.25, 0.3) is 0 Å². The van der Waals surface area contributed by atoms with Crippen molar-refractivity contribution in [2.45, 2.75) is 245 Å². The van der Waals surface area contributed by atoms with Crippen LogP contribution in [0.3, 0.4) is 0 Å². The molecule has 0 aromatic carbocycles. The zero-order valence-electron chi connectivity index (χ0n) is 29.5. The molecule has 0 aromatic heterocycles. The molecule has 1 amide bonds. The van der Waals surface area contributed by atoms with Gasteiger partial charge >= 0.3 is 0 Å². The molecule has 252 valence electrons. The van der Waals surface area contributed by atoms with Crippen LogP contribution in [0.4, 0.5) is 0 Å². The van der Waals surface area contributed by atoms with E-state index in [-0.39, 0.29) is 5.91 Å². The zero-order chi connectivity index (χ0) is 30.8. The number of carbonyl (C=O) groups is 1. The summed E-state index contributed by atoms with van der Waals surface area (Å²) in [4.78, 5) is 12.6. The number of rotatable bonds is 35. The van der Waals surface area contributed by atoms with Crippen LogP contribution in [0.5, 0.6) is 0 Å². The van der Waals surface area contributed by atoms with Gasteiger partial charge in [0, 0.05) is 6.42 Å². The standard InChI is InChI=1S/C39H80N2O/c1-4-7-9-11-13-15-17-19-21-23-25-27-29-31-33-35-38(42)41-39(40,36-6-3)37-34-32-30-28-26-24-22-20-18-16-14-12-10-8-5-2/h4-37,40H2,1-3H3,(H,41,42). The summed E-state index contributed by atoms with van der Waals surface area (Å²) in [5, 5.41) is 3.23. The molecule has 42 heavy (non-hydrogen) atoms. The normalized spacial score (nSPS) is 13.0. The Hall–Kier alpha value is -0.570. The fourth-order valence-electron chi connectivity index (χ4n) is 6.50. The van der Waals surface area contributed by atoms with Crippen LogP contribution in [0.25, 0.3) is 0 Å². The van der Waals surface area contributed by atoms with Crippen molar-refractivity contribution in [2.24, 2.45) is 5.73 Å². The topological polar surface area (TPSA) is 55.1 Å². The Kier molecular flexibility index (Phi) is 32.9. The first-order chi connectivity index (χ1) is 20.6. The number of carbonyl (C=O) groups excluding carboxylic acids is 1. The van der Waals surface area contributed by atoms with Crippen LogP contribution in [-0.4, -0.2) is 11.6 Å². The Morgan fingerprint density at radius 2 is 0.690 bits per heavy atom. The molecule has 0 radical (unpaired) electrons. The largest absolute Gasteiger partial charge is 0.338 e. The molecule has 0 aromatic rings. The van der Waals surface area contributed by atoms with Gasteiger partial charge in [-0.2, -0.15) is 0 Å². The quantitative estimate of drug-likeness (QED) is 0.0568. The second-order valence-electron chi connectivity index (χ2n) is 13.9. The highest BCUT2D eigenvalue weighted by atomic mass is 16.1. The van der Waals surface area contributed by atoms with Gasteiger partial charge < -0.3 is 11.1 Å². The van der Waals surface area contributed by atoms with E-state index >= 15 is 0 Å². The fourth-order valence-corrected chi connectivity index (χ4v) is 6.50. The van der Waals surface area contributed by atoms with Crippen LogP contribution in [0, 0.1) is 0 Å². The number of unbranched alkanes of at least 4 members (excludes halogenated alkanes) is 28. The van der Waals surface area contributed by atoms with E-state index in [9.17, 15) is 4.79 Å². The lowest BCUT2D eigenvalue weighted by Crippen LogP contribution is -2.55. The summed E-state index contributed by atoms with van der Waals surface area (Å²) in [6.45, 7) is 6.76. The molecule has 0 aliphatic rings. The van der Waals surface area contributed by atoms with Gasteiger partial charge in [-0.15, -0.1) is 0 Å². The highest BCUT2D eigenvalue weighted by Crippen LogP contribution is 2.19. The predicted octanol–water partition coefficient (Wildman–Crippen LogP) is 13.1. The Morgan fingerprint density at radius 3 is 1.00 bits per heavy atom. The first kappa shape index (κ1) is 41.4. The third-order valence-corrected chi connectivity index (χ3v) is 9.32. The molecule has 0 spiro atoms. The maximum absolute atomic E-state index is 12.6. The second kappa shape index (κ2) is 33.3. The summed E-state index contributed by atoms with van der Waals surface area (Å²) in [6.07, 6.45) is 44.4. The molecule has 0 saturated heterocycles. The Labute approximate surface area is 266 Å². The summed E-state index contributed by atoms with van der Waals surface area (Å²) in [5.74, 6) is 0.168. The van der Waals surface area contributed by atoms with E-state index in [1.54, 1.807) is 0 Å². The smallest absolute Gasteiger partial charge is 0.221 e. The molecule has 1 unspecified atom stereocenters. The molecule has 1 atom stereocenters. The molecular formula is C39H80N2O. The second-order valence-corrected chi connectivity index (χ2v) is 13.9.